The SMILES string of the molecule is C=N/N=C(\OCC1CCCC(C(=C)NCC=O)C1)c1cc(Cl)ccc1OCC. The maximum Gasteiger partial charge on any atom is 0.244 e. The molecule has 0 saturated heterocycles. The highest BCUT2D eigenvalue weighted by atomic mass is 35.5. The van der Waals surface area contributed by atoms with Gasteiger partial charge in [-0.15, -0.1) is 5.10 Å². The van der Waals surface area contributed by atoms with Crippen LogP contribution >= 0.6 is 11.6 Å². The summed E-state index contributed by atoms with van der Waals surface area (Å²) in [5, 5.41) is 11.3. The molecule has 2 unspecified atom stereocenters. The van der Waals surface area contributed by atoms with Gasteiger partial charge in [-0.1, -0.05) is 24.6 Å². The number of nitrogens with one attached hydrogen (secondary N) is 1. The van der Waals surface area contributed by atoms with Crippen molar-refractivity contribution in [1.29, 1.82) is 0 Å². The maximum atomic E-state index is 10.6. The first kappa shape index (κ1) is 22.0. The summed E-state index contributed by atoms with van der Waals surface area (Å²) in [4.78, 5) is 10.6. The van der Waals surface area contributed by atoms with Crippen LogP contribution in [0.4, 0.5) is 0 Å². The number of carbonyl (C=O) groups is 1. The Balaban J connectivity index is 2.05. The van der Waals surface area contributed by atoms with Crippen molar-refractivity contribution in [1.82, 2.24) is 5.32 Å². The number of aldehydes is 1. The Hall–Kier alpha value is -2.34. The second-order valence-electron chi connectivity index (χ2n) is 6.73. The zero-order valence-electron chi connectivity index (χ0n) is 16.3. The van der Waals surface area contributed by atoms with Crippen LogP contribution in [0.3, 0.4) is 0 Å². The summed E-state index contributed by atoms with van der Waals surface area (Å²) < 4.78 is 11.7. The second-order valence-corrected chi connectivity index (χ2v) is 7.17. The molecular weight excluding hydrogens is 378 g/mol. The minimum atomic E-state index is 0.299. The van der Waals surface area contributed by atoms with Gasteiger partial charge in [-0.2, -0.15) is 5.10 Å². The molecule has 1 aliphatic carbocycles. The minimum Gasteiger partial charge on any atom is -0.493 e. The Morgan fingerprint density at radius 2 is 2.25 bits per heavy atom. The molecule has 0 spiro atoms. The summed E-state index contributed by atoms with van der Waals surface area (Å²) in [6.07, 6.45) is 5.03. The quantitative estimate of drug-likeness (QED) is 0.273. The van der Waals surface area contributed by atoms with Gasteiger partial charge in [-0.05, 0) is 56.2 Å². The van der Waals surface area contributed by atoms with Gasteiger partial charge in [-0.25, -0.2) is 0 Å². The molecule has 152 valence electrons. The van der Waals surface area contributed by atoms with Crippen molar-refractivity contribution >= 4 is 30.5 Å². The van der Waals surface area contributed by atoms with Crippen molar-refractivity contribution in [2.45, 2.75) is 32.6 Å². The van der Waals surface area contributed by atoms with E-state index in [0.717, 1.165) is 37.7 Å². The molecule has 0 radical (unpaired) electrons. The molecule has 2 atom stereocenters. The summed E-state index contributed by atoms with van der Waals surface area (Å²) in [7, 11) is 0. The third-order valence-electron chi connectivity index (χ3n) is 4.78. The van der Waals surface area contributed by atoms with Crippen LogP contribution in [0.5, 0.6) is 5.75 Å². The molecule has 0 aromatic heterocycles. The summed E-state index contributed by atoms with van der Waals surface area (Å²) in [6, 6.07) is 5.31. The Morgan fingerprint density at radius 1 is 1.43 bits per heavy atom. The van der Waals surface area contributed by atoms with E-state index in [4.69, 9.17) is 21.1 Å². The predicted molar refractivity (Wildman–Crippen MR) is 113 cm³/mol. The van der Waals surface area contributed by atoms with E-state index in [1.165, 1.54) is 0 Å². The van der Waals surface area contributed by atoms with E-state index in [1.807, 2.05) is 6.92 Å². The predicted octanol–water partition coefficient (Wildman–Crippen LogP) is 4.23. The number of benzene rings is 1. The standard InChI is InChI=1S/C21H28ClN3O3/c1-4-27-20-9-8-18(22)13-19(20)21(25-23-3)28-14-16-6-5-7-17(12-16)15(2)24-10-11-26/h8-9,11,13,16-17,24H,2-7,10,12,14H2,1H3/b25-21-. The van der Waals surface area contributed by atoms with E-state index in [-0.39, 0.29) is 0 Å². The van der Waals surface area contributed by atoms with Crippen LogP contribution in [0.25, 0.3) is 0 Å². The molecule has 1 aromatic rings. The lowest BCUT2D eigenvalue weighted by Crippen LogP contribution is -2.28. The third-order valence-corrected chi connectivity index (χ3v) is 5.01. The number of nitrogens with zero attached hydrogens (tertiary/aromatic N) is 2. The Bertz CT molecular complexity index is 721. The molecule has 0 amide bonds. The molecule has 1 aliphatic rings. The van der Waals surface area contributed by atoms with Gasteiger partial charge in [-0.3, -0.25) is 0 Å². The number of carbonyl (C=O) groups excluding carboxylic acids is 1. The molecular formula is C21H28ClN3O3. The molecule has 1 fully saturated rings. The van der Waals surface area contributed by atoms with Crippen LogP contribution in [-0.4, -0.2) is 38.7 Å². The smallest absolute Gasteiger partial charge is 0.244 e. The summed E-state index contributed by atoms with van der Waals surface area (Å²) >= 11 is 6.15. The average molecular weight is 406 g/mol. The molecule has 0 aliphatic heterocycles. The molecule has 1 aromatic carbocycles. The van der Waals surface area contributed by atoms with E-state index in [1.54, 1.807) is 18.2 Å². The van der Waals surface area contributed by atoms with Crippen LogP contribution in [-0.2, 0) is 9.53 Å². The first-order chi connectivity index (χ1) is 13.6. The van der Waals surface area contributed by atoms with Gasteiger partial charge in [0, 0.05) is 17.4 Å². The minimum absolute atomic E-state index is 0.299. The van der Waals surface area contributed by atoms with Crippen molar-refractivity contribution in [3.63, 3.8) is 0 Å². The number of halogens is 1. The highest BCUT2D eigenvalue weighted by Crippen LogP contribution is 2.33. The normalized spacial score (nSPS) is 19.6. The summed E-state index contributed by atoms with van der Waals surface area (Å²) in [5.74, 6) is 1.69. The molecule has 28 heavy (non-hydrogen) atoms. The van der Waals surface area contributed by atoms with E-state index in [0.29, 0.717) is 53.8 Å². The molecule has 0 heterocycles. The van der Waals surface area contributed by atoms with Gasteiger partial charge in [0.25, 0.3) is 0 Å². The van der Waals surface area contributed by atoms with Gasteiger partial charge in [0.05, 0.1) is 25.3 Å². The topological polar surface area (TPSA) is 72.3 Å². The molecule has 7 heteroatoms. The second kappa shape index (κ2) is 11.5. The monoisotopic (exact) mass is 405 g/mol. The fraction of sp³-hybridized carbons (Fsp3) is 0.476. The van der Waals surface area contributed by atoms with Gasteiger partial charge in [0.1, 0.15) is 12.0 Å². The first-order valence-corrected chi connectivity index (χ1v) is 9.92. The van der Waals surface area contributed by atoms with Crippen molar-refractivity contribution in [2.75, 3.05) is 19.8 Å². The van der Waals surface area contributed by atoms with Crippen LogP contribution in [0.1, 0.15) is 38.2 Å². The van der Waals surface area contributed by atoms with Gasteiger partial charge in [0.2, 0.25) is 5.90 Å². The zero-order valence-corrected chi connectivity index (χ0v) is 17.1. The highest BCUT2D eigenvalue weighted by molar-refractivity contribution is 6.31. The lowest BCUT2D eigenvalue weighted by Gasteiger charge is -2.30. The van der Waals surface area contributed by atoms with Gasteiger partial charge >= 0.3 is 0 Å². The largest absolute Gasteiger partial charge is 0.493 e. The average Bonchev–Trinajstić information content (AvgIpc) is 2.71. The van der Waals surface area contributed by atoms with E-state index >= 15 is 0 Å². The van der Waals surface area contributed by atoms with Crippen LogP contribution in [0, 0.1) is 11.8 Å². The Morgan fingerprint density at radius 3 is 2.96 bits per heavy atom. The molecule has 6 nitrogen and oxygen atoms in total. The summed E-state index contributed by atoms with van der Waals surface area (Å²) in [5.41, 5.74) is 1.58. The van der Waals surface area contributed by atoms with Crippen molar-refractivity contribution < 1.29 is 14.3 Å². The fourth-order valence-corrected chi connectivity index (χ4v) is 3.62. The van der Waals surface area contributed by atoms with E-state index < -0.39 is 0 Å². The molecule has 1 N–H and O–H groups in total. The molecule has 1 saturated carbocycles. The number of hydrogen-bond donors (Lipinski definition) is 1. The number of allylic oxidation sites excluding steroid dienone is 1. The lowest BCUT2D eigenvalue weighted by molar-refractivity contribution is -0.107. The van der Waals surface area contributed by atoms with Crippen molar-refractivity contribution in [3.05, 3.63) is 41.1 Å². The van der Waals surface area contributed by atoms with Crippen LogP contribution in [0.15, 0.2) is 40.7 Å². The van der Waals surface area contributed by atoms with Crippen LogP contribution < -0.4 is 10.1 Å². The number of rotatable bonds is 10. The van der Waals surface area contributed by atoms with Crippen molar-refractivity contribution in [2.24, 2.45) is 22.0 Å². The number of hydrogen-bond acceptors (Lipinski definition) is 6. The van der Waals surface area contributed by atoms with Crippen LogP contribution in [0.2, 0.25) is 5.02 Å². The lowest BCUT2D eigenvalue weighted by atomic mass is 9.80. The Kier molecular flexibility index (Phi) is 9.01. The van der Waals surface area contributed by atoms with Crippen molar-refractivity contribution in [3.8, 4) is 5.75 Å². The Labute approximate surface area is 171 Å². The van der Waals surface area contributed by atoms with Gasteiger partial charge < -0.3 is 19.6 Å². The highest BCUT2D eigenvalue weighted by Gasteiger charge is 2.25. The van der Waals surface area contributed by atoms with Gasteiger partial charge in [0.15, 0.2) is 0 Å². The van der Waals surface area contributed by atoms with E-state index in [9.17, 15) is 4.79 Å². The van der Waals surface area contributed by atoms with E-state index in [2.05, 4.69) is 28.8 Å². The fourth-order valence-electron chi connectivity index (χ4n) is 3.45. The molecule has 2 rings (SSSR count). The summed E-state index contributed by atoms with van der Waals surface area (Å²) in [6.45, 7) is 10.8. The first-order valence-electron chi connectivity index (χ1n) is 9.54. The maximum absolute atomic E-state index is 10.6. The molecule has 0 bridgehead atoms. The number of ether oxygens (including phenoxy) is 2. The third kappa shape index (κ3) is 6.37. The zero-order chi connectivity index (χ0) is 20.4.